The fourth-order valence-electron chi connectivity index (χ4n) is 5.36. The maximum atomic E-state index is 12.4. The van der Waals surface area contributed by atoms with Crippen molar-refractivity contribution in [2.24, 2.45) is 35.5 Å². The zero-order valence-electron chi connectivity index (χ0n) is 26.2. The summed E-state index contributed by atoms with van der Waals surface area (Å²) in [6, 6.07) is 0. The molecule has 1 fully saturated rings. The number of unbranched alkanes of at least 4 members (excludes halogenated alkanes) is 10. The third kappa shape index (κ3) is 16.8. The molecule has 38 heavy (non-hydrogen) atoms. The number of esters is 2. The predicted molar refractivity (Wildman–Crippen MR) is 160 cm³/mol. The summed E-state index contributed by atoms with van der Waals surface area (Å²) < 4.78 is 11.1. The molecule has 224 valence electrons. The van der Waals surface area contributed by atoms with Gasteiger partial charge in [-0.25, -0.2) is 0 Å². The molecule has 1 aliphatic rings. The second-order valence-corrected chi connectivity index (χ2v) is 13.1. The first-order chi connectivity index (χ1) is 18.2. The van der Waals surface area contributed by atoms with Crippen LogP contribution in [0.5, 0.6) is 0 Å². The molecular weight excluding hydrogens is 472 g/mol. The Bertz CT molecular complexity index is 539. The van der Waals surface area contributed by atoms with Crippen LogP contribution in [0.25, 0.3) is 0 Å². The molecule has 0 heterocycles. The summed E-state index contributed by atoms with van der Waals surface area (Å²) >= 11 is 0. The minimum absolute atomic E-state index is 0.0366. The molecule has 0 N–H and O–H groups in total. The first-order valence-corrected chi connectivity index (χ1v) is 16.6. The standard InChI is InChI=1S/C34H64O4/c1-27(2)29(5)19-15-11-7-9-13-17-25-37-33(35)31-21-23-32(24-22-31)34(36)38-26-18-14-10-8-12-16-20-30(6)28(3)4/h27-32H,7-26H2,1-6H3. The third-order valence-corrected chi connectivity index (χ3v) is 9.27. The van der Waals surface area contributed by atoms with Gasteiger partial charge in [-0.3, -0.25) is 9.59 Å². The Labute approximate surface area is 236 Å². The minimum Gasteiger partial charge on any atom is -0.465 e. The Kier molecular flexibility index (Phi) is 20.0. The van der Waals surface area contributed by atoms with Gasteiger partial charge in [0.2, 0.25) is 0 Å². The van der Waals surface area contributed by atoms with E-state index in [1.54, 1.807) is 0 Å². The fraction of sp³-hybridized carbons (Fsp3) is 0.941. The van der Waals surface area contributed by atoms with Crippen molar-refractivity contribution in [1.82, 2.24) is 0 Å². The maximum absolute atomic E-state index is 12.4. The second kappa shape index (κ2) is 21.7. The Morgan fingerprint density at radius 1 is 0.500 bits per heavy atom. The van der Waals surface area contributed by atoms with Gasteiger partial charge in [-0.05, 0) is 62.2 Å². The van der Waals surface area contributed by atoms with Crippen LogP contribution < -0.4 is 0 Å². The van der Waals surface area contributed by atoms with E-state index in [4.69, 9.17) is 9.47 Å². The monoisotopic (exact) mass is 536 g/mol. The van der Waals surface area contributed by atoms with Crippen molar-refractivity contribution in [2.45, 2.75) is 157 Å². The van der Waals surface area contributed by atoms with Crippen molar-refractivity contribution in [1.29, 1.82) is 0 Å². The number of carbonyl (C=O) groups is 2. The quantitative estimate of drug-likeness (QED) is 0.102. The first kappa shape index (κ1) is 35.0. The van der Waals surface area contributed by atoms with Gasteiger partial charge in [-0.1, -0.05) is 119 Å². The molecule has 4 heteroatoms. The summed E-state index contributed by atoms with van der Waals surface area (Å²) in [5, 5.41) is 0. The largest absolute Gasteiger partial charge is 0.465 e. The Hall–Kier alpha value is -1.06. The van der Waals surface area contributed by atoms with Crippen LogP contribution in [-0.4, -0.2) is 25.2 Å². The van der Waals surface area contributed by atoms with Crippen LogP contribution in [-0.2, 0) is 19.1 Å². The smallest absolute Gasteiger partial charge is 0.308 e. The summed E-state index contributed by atoms with van der Waals surface area (Å²) in [4.78, 5) is 24.9. The highest BCUT2D eigenvalue weighted by atomic mass is 16.5. The van der Waals surface area contributed by atoms with Gasteiger partial charge in [0.05, 0.1) is 25.0 Å². The summed E-state index contributed by atoms with van der Waals surface area (Å²) in [5.74, 6) is 3.04. The highest BCUT2D eigenvalue weighted by molar-refractivity contribution is 5.75. The van der Waals surface area contributed by atoms with Gasteiger partial charge in [0.25, 0.3) is 0 Å². The average molecular weight is 537 g/mol. The summed E-state index contributed by atoms with van der Waals surface area (Å²) in [6.07, 6.45) is 20.3. The van der Waals surface area contributed by atoms with E-state index in [2.05, 4.69) is 41.5 Å². The highest BCUT2D eigenvalue weighted by Gasteiger charge is 2.31. The first-order valence-electron chi connectivity index (χ1n) is 16.6. The van der Waals surface area contributed by atoms with Crippen molar-refractivity contribution < 1.29 is 19.1 Å². The fourth-order valence-corrected chi connectivity index (χ4v) is 5.36. The van der Waals surface area contributed by atoms with E-state index in [0.29, 0.717) is 13.2 Å². The van der Waals surface area contributed by atoms with Crippen molar-refractivity contribution in [3.05, 3.63) is 0 Å². The van der Waals surface area contributed by atoms with E-state index in [9.17, 15) is 9.59 Å². The van der Waals surface area contributed by atoms with E-state index >= 15 is 0 Å². The van der Waals surface area contributed by atoms with Gasteiger partial charge in [0.1, 0.15) is 0 Å². The molecule has 0 bridgehead atoms. The lowest BCUT2D eigenvalue weighted by Gasteiger charge is -2.26. The van der Waals surface area contributed by atoms with Crippen LogP contribution >= 0.6 is 0 Å². The van der Waals surface area contributed by atoms with E-state index in [-0.39, 0.29) is 23.8 Å². The van der Waals surface area contributed by atoms with Gasteiger partial charge in [0.15, 0.2) is 0 Å². The molecule has 0 spiro atoms. The van der Waals surface area contributed by atoms with Gasteiger partial charge in [-0.15, -0.1) is 0 Å². The summed E-state index contributed by atoms with van der Waals surface area (Å²) in [7, 11) is 0. The number of rotatable bonds is 22. The van der Waals surface area contributed by atoms with Crippen LogP contribution in [0.4, 0.5) is 0 Å². The minimum atomic E-state index is -0.0573. The molecule has 0 saturated heterocycles. The summed E-state index contributed by atoms with van der Waals surface area (Å²) in [5.41, 5.74) is 0. The molecule has 2 unspecified atom stereocenters. The lowest BCUT2D eigenvalue weighted by Crippen LogP contribution is -2.28. The highest BCUT2D eigenvalue weighted by Crippen LogP contribution is 2.30. The number of hydrogen-bond donors (Lipinski definition) is 0. The topological polar surface area (TPSA) is 52.6 Å². The molecule has 0 amide bonds. The van der Waals surface area contributed by atoms with E-state index in [1.807, 2.05) is 0 Å². The lowest BCUT2D eigenvalue weighted by molar-refractivity contribution is -0.155. The Morgan fingerprint density at radius 2 is 0.789 bits per heavy atom. The maximum Gasteiger partial charge on any atom is 0.308 e. The van der Waals surface area contributed by atoms with Gasteiger partial charge in [0, 0.05) is 0 Å². The van der Waals surface area contributed by atoms with Gasteiger partial charge in [-0.2, -0.15) is 0 Å². The molecule has 1 rings (SSSR count). The van der Waals surface area contributed by atoms with E-state index in [1.165, 1.54) is 64.2 Å². The zero-order chi connectivity index (χ0) is 28.2. The number of carbonyl (C=O) groups excluding carboxylic acids is 2. The van der Waals surface area contributed by atoms with Crippen molar-refractivity contribution in [3.8, 4) is 0 Å². The molecule has 0 aromatic rings. The van der Waals surface area contributed by atoms with E-state index in [0.717, 1.165) is 75.0 Å². The van der Waals surface area contributed by atoms with Crippen LogP contribution in [0.2, 0.25) is 0 Å². The molecule has 0 radical (unpaired) electrons. The van der Waals surface area contributed by atoms with Crippen LogP contribution in [0.3, 0.4) is 0 Å². The molecular formula is C34H64O4. The van der Waals surface area contributed by atoms with Gasteiger partial charge >= 0.3 is 11.9 Å². The Balaban J connectivity index is 1.97. The second-order valence-electron chi connectivity index (χ2n) is 13.1. The van der Waals surface area contributed by atoms with Crippen LogP contribution in [0.1, 0.15) is 157 Å². The molecule has 0 aliphatic heterocycles. The van der Waals surface area contributed by atoms with Crippen molar-refractivity contribution >= 4 is 11.9 Å². The average Bonchev–Trinajstić information content (AvgIpc) is 2.90. The Morgan fingerprint density at radius 3 is 1.11 bits per heavy atom. The van der Waals surface area contributed by atoms with Crippen molar-refractivity contribution in [2.75, 3.05) is 13.2 Å². The molecule has 2 atom stereocenters. The van der Waals surface area contributed by atoms with Crippen LogP contribution in [0, 0.1) is 35.5 Å². The zero-order valence-corrected chi connectivity index (χ0v) is 26.2. The van der Waals surface area contributed by atoms with Crippen molar-refractivity contribution in [3.63, 3.8) is 0 Å². The SMILES string of the molecule is CC(C)C(C)CCCCCCCCOC(=O)C1CCC(C(=O)OCCCCCCCCC(C)C(C)C)CC1. The molecule has 4 nitrogen and oxygen atoms in total. The lowest BCUT2D eigenvalue weighted by atomic mass is 9.82. The number of hydrogen-bond acceptors (Lipinski definition) is 4. The van der Waals surface area contributed by atoms with Crippen LogP contribution in [0.15, 0.2) is 0 Å². The summed E-state index contributed by atoms with van der Waals surface area (Å²) in [6.45, 7) is 15.0. The molecule has 1 saturated carbocycles. The predicted octanol–water partition coefficient (Wildman–Crippen LogP) is 9.92. The molecule has 0 aromatic heterocycles. The van der Waals surface area contributed by atoms with E-state index < -0.39 is 0 Å². The normalized spacial score (nSPS) is 19.5. The molecule has 1 aliphatic carbocycles. The molecule has 0 aromatic carbocycles. The van der Waals surface area contributed by atoms with Gasteiger partial charge < -0.3 is 9.47 Å². The third-order valence-electron chi connectivity index (χ3n) is 9.27. The number of ether oxygens (including phenoxy) is 2.